The van der Waals surface area contributed by atoms with Gasteiger partial charge in [-0.1, -0.05) is 13.3 Å². The Labute approximate surface area is 72.6 Å². The molecular formula is C7H15FN2S. The van der Waals surface area contributed by atoms with Crippen LogP contribution in [0.25, 0.3) is 0 Å². The largest absolute Gasteiger partial charge is 0.363 e. The third-order valence-electron chi connectivity index (χ3n) is 1.20. The Morgan fingerprint density at radius 1 is 1.36 bits per heavy atom. The van der Waals surface area contributed by atoms with Gasteiger partial charge in [-0.2, -0.15) is 0 Å². The first-order valence-corrected chi connectivity index (χ1v) is 4.29. The van der Waals surface area contributed by atoms with Crippen LogP contribution in [0.5, 0.6) is 0 Å². The van der Waals surface area contributed by atoms with Crippen molar-refractivity contribution >= 4 is 17.3 Å². The second-order valence-electron chi connectivity index (χ2n) is 2.23. The normalized spacial score (nSPS) is 9.27. The molecule has 0 aliphatic rings. The highest BCUT2D eigenvalue weighted by Gasteiger charge is 1.91. The van der Waals surface area contributed by atoms with E-state index in [4.69, 9.17) is 12.2 Å². The van der Waals surface area contributed by atoms with Gasteiger partial charge in [0, 0.05) is 13.1 Å². The molecule has 2 N–H and O–H groups in total. The monoisotopic (exact) mass is 178 g/mol. The minimum atomic E-state index is -0.379. The van der Waals surface area contributed by atoms with E-state index in [0.717, 1.165) is 19.4 Å². The molecule has 0 saturated heterocycles. The molecule has 0 radical (unpaired) electrons. The molecule has 0 spiro atoms. The number of unbranched alkanes of at least 4 members (excludes halogenated alkanes) is 1. The third kappa shape index (κ3) is 7.52. The molecule has 0 aliphatic carbocycles. The summed E-state index contributed by atoms with van der Waals surface area (Å²) in [6, 6.07) is 0. The molecule has 0 aromatic rings. The van der Waals surface area contributed by atoms with Crippen molar-refractivity contribution in [1.82, 2.24) is 10.6 Å². The average Bonchev–Trinajstić information content (AvgIpc) is 2.01. The van der Waals surface area contributed by atoms with Crippen molar-refractivity contribution < 1.29 is 4.39 Å². The summed E-state index contributed by atoms with van der Waals surface area (Å²) in [7, 11) is 0. The third-order valence-corrected chi connectivity index (χ3v) is 1.48. The lowest BCUT2D eigenvalue weighted by Crippen LogP contribution is -2.36. The Balaban J connectivity index is 3.09. The average molecular weight is 178 g/mol. The smallest absolute Gasteiger partial charge is 0.166 e. The van der Waals surface area contributed by atoms with Gasteiger partial charge in [0.05, 0.1) is 0 Å². The summed E-state index contributed by atoms with van der Waals surface area (Å²) in [6.45, 7) is 2.90. The first kappa shape index (κ1) is 10.6. The van der Waals surface area contributed by atoms with E-state index in [2.05, 4.69) is 17.6 Å². The SMILES string of the molecule is CCCCNC(=S)NCCF. The van der Waals surface area contributed by atoms with Gasteiger partial charge in [-0.25, -0.2) is 4.39 Å². The molecule has 4 heteroatoms. The molecule has 0 saturated carbocycles. The van der Waals surface area contributed by atoms with Crippen molar-refractivity contribution in [3.05, 3.63) is 0 Å². The Morgan fingerprint density at radius 2 is 2.00 bits per heavy atom. The summed E-state index contributed by atoms with van der Waals surface area (Å²) in [5.74, 6) is 0. The fourth-order valence-electron chi connectivity index (χ4n) is 0.602. The summed E-state index contributed by atoms with van der Waals surface area (Å²) in [6.07, 6.45) is 2.23. The first-order valence-electron chi connectivity index (χ1n) is 3.89. The zero-order valence-corrected chi connectivity index (χ0v) is 7.64. The van der Waals surface area contributed by atoms with Gasteiger partial charge in [-0.15, -0.1) is 0 Å². The van der Waals surface area contributed by atoms with E-state index in [1.165, 1.54) is 0 Å². The lowest BCUT2D eigenvalue weighted by atomic mass is 10.3. The van der Waals surface area contributed by atoms with Gasteiger partial charge >= 0.3 is 0 Å². The fourth-order valence-corrected chi connectivity index (χ4v) is 0.806. The van der Waals surface area contributed by atoms with E-state index in [9.17, 15) is 4.39 Å². The Kier molecular flexibility index (Phi) is 7.46. The summed E-state index contributed by atoms with van der Waals surface area (Å²) >= 11 is 4.84. The van der Waals surface area contributed by atoms with Gasteiger partial charge in [-0.05, 0) is 18.6 Å². The molecule has 0 rings (SSSR count). The molecule has 0 heterocycles. The summed E-state index contributed by atoms with van der Waals surface area (Å²) in [4.78, 5) is 0. The number of hydrogen-bond acceptors (Lipinski definition) is 1. The molecular weight excluding hydrogens is 163 g/mol. The van der Waals surface area contributed by atoms with Crippen LogP contribution in [-0.2, 0) is 0 Å². The molecule has 0 fully saturated rings. The maximum Gasteiger partial charge on any atom is 0.166 e. The molecule has 0 atom stereocenters. The summed E-state index contributed by atoms with van der Waals surface area (Å²) in [5.41, 5.74) is 0. The Bertz CT molecular complexity index is 109. The number of hydrogen-bond donors (Lipinski definition) is 2. The predicted octanol–water partition coefficient (Wildman–Crippen LogP) is 1.22. The second kappa shape index (κ2) is 7.72. The maximum absolute atomic E-state index is 11.6. The topological polar surface area (TPSA) is 24.1 Å². The fraction of sp³-hybridized carbons (Fsp3) is 0.857. The van der Waals surface area contributed by atoms with Crippen LogP contribution in [0, 0.1) is 0 Å². The zero-order chi connectivity index (χ0) is 8.53. The van der Waals surface area contributed by atoms with Crippen molar-refractivity contribution in [2.24, 2.45) is 0 Å². The predicted molar refractivity (Wildman–Crippen MR) is 49.5 cm³/mol. The van der Waals surface area contributed by atoms with Crippen LogP contribution in [0.1, 0.15) is 19.8 Å². The zero-order valence-electron chi connectivity index (χ0n) is 6.82. The van der Waals surface area contributed by atoms with E-state index in [-0.39, 0.29) is 6.67 Å². The molecule has 0 amide bonds. The molecule has 2 nitrogen and oxygen atoms in total. The lowest BCUT2D eigenvalue weighted by molar-refractivity contribution is 0.490. The number of alkyl halides is 1. The number of thiocarbonyl (C=S) groups is 1. The lowest BCUT2D eigenvalue weighted by Gasteiger charge is -2.07. The van der Waals surface area contributed by atoms with Crippen molar-refractivity contribution in [3.63, 3.8) is 0 Å². The van der Waals surface area contributed by atoms with Gasteiger partial charge < -0.3 is 10.6 Å². The van der Waals surface area contributed by atoms with E-state index in [1.54, 1.807) is 0 Å². The maximum atomic E-state index is 11.6. The van der Waals surface area contributed by atoms with Gasteiger partial charge in [0.15, 0.2) is 5.11 Å². The molecule has 11 heavy (non-hydrogen) atoms. The number of nitrogens with one attached hydrogen (secondary N) is 2. The molecule has 0 aromatic heterocycles. The van der Waals surface area contributed by atoms with Crippen molar-refractivity contribution in [3.8, 4) is 0 Å². The van der Waals surface area contributed by atoms with Crippen LogP contribution in [-0.4, -0.2) is 24.9 Å². The quantitative estimate of drug-likeness (QED) is 0.489. The Hall–Kier alpha value is -0.380. The van der Waals surface area contributed by atoms with E-state index < -0.39 is 0 Å². The van der Waals surface area contributed by atoms with Crippen LogP contribution < -0.4 is 10.6 Å². The van der Waals surface area contributed by atoms with Crippen molar-refractivity contribution in [2.45, 2.75) is 19.8 Å². The van der Waals surface area contributed by atoms with E-state index in [0.29, 0.717) is 11.7 Å². The van der Waals surface area contributed by atoms with Crippen molar-refractivity contribution in [2.75, 3.05) is 19.8 Å². The van der Waals surface area contributed by atoms with Crippen LogP contribution in [0.2, 0.25) is 0 Å². The Morgan fingerprint density at radius 3 is 2.55 bits per heavy atom. The van der Waals surface area contributed by atoms with Crippen LogP contribution in [0.15, 0.2) is 0 Å². The van der Waals surface area contributed by atoms with Gasteiger partial charge in [0.1, 0.15) is 6.67 Å². The number of rotatable bonds is 5. The summed E-state index contributed by atoms with van der Waals surface area (Å²) < 4.78 is 11.6. The molecule has 0 aromatic carbocycles. The van der Waals surface area contributed by atoms with Crippen LogP contribution in [0.3, 0.4) is 0 Å². The first-order chi connectivity index (χ1) is 5.31. The van der Waals surface area contributed by atoms with Crippen LogP contribution >= 0.6 is 12.2 Å². The highest BCUT2D eigenvalue weighted by atomic mass is 32.1. The van der Waals surface area contributed by atoms with Crippen LogP contribution in [0.4, 0.5) is 4.39 Å². The van der Waals surface area contributed by atoms with Gasteiger partial charge in [0.25, 0.3) is 0 Å². The standard InChI is InChI=1S/C7H15FN2S/c1-2-3-5-9-7(11)10-6-4-8/h2-6H2,1H3,(H2,9,10,11). The number of halogens is 1. The van der Waals surface area contributed by atoms with Crippen molar-refractivity contribution in [1.29, 1.82) is 0 Å². The van der Waals surface area contributed by atoms with E-state index in [1.807, 2.05) is 0 Å². The molecule has 0 aliphatic heterocycles. The van der Waals surface area contributed by atoms with E-state index >= 15 is 0 Å². The molecule has 0 unspecified atom stereocenters. The van der Waals surface area contributed by atoms with Gasteiger partial charge in [0.2, 0.25) is 0 Å². The minimum absolute atomic E-state index is 0.304. The second-order valence-corrected chi connectivity index (χ2v) is 2.63. The summed E-state index contributed by atoms with van der Waals surface area (Å²) in [5, 5.41) is 6.26. The molecule has 0 bridgehead atoms. The minimum Gasteiger partial charge on any atom is -0.363 e. The highest BCUT2D eigenvalue weighted by Crippen LogP contribution is 1.81. The van der Waals surface area contributed by atoms with Gasteiger partial charge in [-0.3, -0.25) is 0 Å². The highest BCUT2D eigenvalue weighted by molar-refractivity contribution is 7.80. The molecule has 66 valence electrons.